The molecule has 0 fully saturated rings. The Balaban J connectivity index is 1.69. The van der Waals surface area contributed by atoms with Crippen molar-refractivity contribution in [1.29, 1.82) is 0 Å². The maximum Gasteiger partial charge on any atom is 0.425 e. The number of rotatable bonds is 9. The number of fused-ring (bicyclic) bond motifs is 1. The number of pyridine rings is 1. The van der Waals surface area contributed by atoms with Gasteiger partial charge in [-0.1, -0.05) is 43.3 Å². The molecule has 0 radical (unpaired) electrons. The van der Waals surface area contributed by atoms with Crippen LogP contribution in [0.2, 0.25) is 0 Å². The third-order valence-corrected chi connectivity index (χ3v) is 7.21. The number of hydrogen-bond acceptors (Lipinski definition) is 9. The van der Waals surface area contributed by atoms with E-state index in [1.54, 1.807) is 71.9 Å². The Kier molecular flexibility index (Phi) is 10.9. The zero-order valence-corrected chi connectivity index (χ0v) is 28.5. The number of hydrogen-bond donors (Lipinski definition) is 4. The van der Waals surface area contributed by atoms with Gasteiger partial charge in [0.2, 0.25) is 5.91 Å². The number of carbonyl (C=O) groups excluding carboxylic acids is 3. The summed E-state index contributed by atoms with van der Waals surface area (Å²) >= 11 is 0. The number of nitrogen functional groups attached to an aromatic ring is 1. The summed E-state index contributed by atoms with van der Waals surface area (Å²) in [6, 6.07) is 21.1. The molecule has 2 unspecified atom stereocenters. The summed E-state index contributed by atoms with van der Waals surface area (Å²) in [6.45, 7) is 12.4. The van der Waals surface area contributed by atoms with Crippen LogP contribution in [0.1, 0.15) is 77.1 Å². The van der Waals surface area contributed by atoms with Gasteiger partial charge in [0.25, 0.3) is 0 Å². The summed E-state index contributed by atoms with van der Waals surface area (Å²) in [6.07, 6.45) is -0.357. The number of nitrogens with one attached hydrogen (secondary N) is 2. The molecular formula is C37H45N5O6. The second-order valence-corrected chi connectivity index (χ2v) is 13.7. The maximum atomic E-state index is 13.7. The van der Waals surface area contributed by atoms with Crippen molar-refractivity contribution in [3.63, 3.8) is 0 Å². The lowest BCUT2D eigenvalue weighted by molar-refractivity contribution is -0.122. The second kappa shape index (κ2) is 14.7. The number of nitrogens with zero attached hydrogens (tertiary/aromatic N) is 2. The number of aliphatic hydroxyl groups excluding tert-OH is 1. The Morgan fingerprint density at radius 2 is 1.50 bits per heavy atom. The van der Waals surface area contributed by atoms with Crippen LogP contribution in [0.5, 0.6) is 0 Å². The fourth-order valence-electron chi connectivity index (χ4n) is 4.88. The van der Waals surface area contributed by atoms with Crippen LogP contribution < -0.4 is 21.3 Å². The Labute approximate surface area is 281 Å². The zero-order chi connectivity index (χ0) is 35.2. The van der Waals surface area contributed by atoms with E-state index in [4.69, 9.17) is 15.2 Å². The van der Waals surface area contributed by atoms with Crippen molar-refractivity contribution >= 4 is 46.1 Å². The summed E-state index contributed by atoms with van der Waals surface area (Å²) < 4.78 is 11.1. The van der Waals surface area contributed by atoms with E-state index >= 15 is 0 Å². The topological polar surface area (TPSA) is 156 Å². The van der Waals surface area contributed by atoms with Gasteiger partial charge in [-0.2, -0.15) is 4.90 Å². The highest BCUT2D eigenvalue weighted by atomic mass is 16.6. The van der Waals surface area contributed by atoms with Crippen LogP contribution in [-0.4, -0.2) is 46.0 Å². The Hall–Kier alpha value is -5.16. The van der Waals surface area contributed by atoms with Gasteiger partial charge in [0.05, 0.1) is 0 Å². The SMILES string of the molecule is CC(CO)c1ccc(C(Nc2ccc3c(N(C(=O)OC(C)(C)C)C(=O)OC(C)(C)C)nccc3c2)C(=O)NCc2cccc(N)c2)cc1. The van der Waals surface area contributed by atoms with Crippen molar-refractivity contribution in [3.05, 3.63) is 95.7 Å². The van der Waals surface area contributed by atoms with Crippen molar-refractivity contribution in [2.45, 2.75) is 78.2 Å². The molecule has 3 amide bonds. The Bertz CT molecular complexity index is 1730. The van der Waals surface area contributed by atoms with Gasteiger partial charge in [-0.3, -0.25) is 4.79 Å². The lowest BCUT2D eigenvalue weighted by Crippen LogP contribution is -2.44. The summed E-state index contributed by atoms with van der Waals surface area (Å²) in [7, 11) is 0. The fraction of sp³-hybridized carbons (Fsp3) is 0.351. The molecule has 11 heteroatoms. The van der Waals surface area contributed by atoms with Crippen LogP contribution >= 0.6 is 0 Å². The number of benzene rings is 3. The van der Waals surface area contributed by atoms with Crippen molar-refractivity contribution < 1.29 is 29.0 Å². The van der Waals surface area contributed by atoms with Gasteiger partial charge in [-0.05, 0) is 100 Å². The summed E-state index contributed by atoms with van der Waals surface area (Å²) in [5.74, 6) is -0.267. The van der Waals surface area contributed by atoms with Gasteiger partial charge in [0, 0.05) is 42.0 Å². The molecule has 0 saturated carbocycles. The zero-order valence-electron chi connectivity index (χ0n) is 28.5. The minimum absolute atomic E-state index is 0.00887. The molecule has 0 aliphatic heterocycles. The van der Waals surface area contributed by atoms with Crippen LogP contribution in [0.3, 0.4) is 0 Å². The largest absolute Gasteiger partial charge is 0.443 e. The number of aromatic nitrogens is 1. The first-order chi connectivity index (χ1) is 22.5. The molecule has 5 N–H and O–H groups in total. The number of nitrogens with two attached hydrogens (primary N) is 1. The number of anilines is 3. The number of imide groups is 1. The van der Waals surface area contributed by atoms with Crippen molar-refractivity contribution in [2.75, 3.05) is 22.6 Å². The van der Waals surface area contributed by atoms with E-state index < -0.39 is 29.4 Å². The predicted molar refractivity (Wildman–Crippen MR) is 188 cm³/mol. The normalized spacial score (nSPS) is 12.9. The van der Waals surface area contributed by atoms with Crippen molar-refractivity contribution in [3.8, 4) is 0 Å². The summed E-state index contributed by atoms with van der Waals surface area (Å²) in [5, 5.41) is 17.1. The molecule has 0 aliphatic rings. The highest BCUT2D eigenvalue weighted by Gasteiger charge is 2.34. The lowest BCUT2D eigenvalue weighted by atomic mass is 9.97. The van der Waals surface area contributed by atoms with Crippen LogP contribution in [0, 0.1) is 0 Å². The van der Waals surface area contributed by atoms with Crippen molar-refractivity contribution in [1.82, 2.24) is 10.3 Å². The summed E-state index contributed by atoms with van der Waals surface area (Å²) in [4.78, 5) is 45.5. The quantitative estimate of drug-likeness (QED) is 0.139. The monoisotopic (exact) mass is 655 g/mol. The van der Waals surface area contributed by atoms with E-state index in [1.807, 2.05) is 49.4 Å². The molecule has 1 heterocycles. The molecule has 0 aliphatic carbocycles. The van der Waals surface area contributed by atoms with Gasteiger partial charge in [-0.25, -0.2) is 14.6 Å². The number of ether oxygens (including phenoxy) is 2. The van der Waals surface area contributed by atoms with Gasteiger partial charge in [-0.15, -0.1) is 0 Å². The van der Waals surface area contributed by atoms with E-state index in [2.05, 4.69) is 15.6 Å². The van der Waals surface area contributed by atoms with Gasteiger partial charge >= 0.3 is 12.2 Å². The number of amides is 3. The molecule has 4 aromatic rings. The molecule has 2 atom stereocenters. The minimum Gasteiger partial charge on any atom is -0.443 e. The van der Waals surface area contributed by atoms with E-state index in [1.165, 1.54) is 6.20 Å². The first-order valence-electron chi connectivity index (χ1n) is 15.8. The van der Waals surface area contributed by atoms with E-state index in [0.29, 0.717) is 27.7 Å². The van der Waals surface area contributed by atoms with E-state index in [-0.39, 0.29) is 30.8 Å². The smallest absolute Gasteiger partial charge is 0.425 e. The Morgan fingerprint density at radius 1 is 0.875 bits per heavy atom. The molecule has 3 aromatic carbocycles. The second-order valence-electron chi connectivity index (χ2n) is 13.7. The molecule has 4 rings (SSSR count). The van der Waals surface area contributed by atoms with E-state index in [9.17, 15) is 19.5 Å². The highest BCUT2D eigenvalue weighted by Crippen LogP contribution is 2.31. The molecule has 48 heavy (non-hydrogen) atoms. The van der Waals surface area contributed by atoms with Gasteiger partial charge < -0.3 is 30.9 Å². The molecule has 11 nitrogen and oxygen atoms in total. The maximum absolute atomic E-state index is 13.7. The molecule has 254 valence electrons. The van der Waals surface area contributed by atoms with Crippen LogP contribution in [-0.2, 0) is 20.8 Å². The standard InChI is InChI=1S/C37H45N5O6/c1-23(22-43)25-11-13-26(14-12-25)31(33(44)40-21-24-9-8-10-28(38)19-24)41-29-15-16-30-27(20-29)17-18-39-32(30)42(34(45)47-36(2,3)4)35(46)48-37(5,6)7/h8-20,23,31,41,43H,21-22,38H2,1-7H3,(H,40,44). The third kappa shape index (κ3) is 9.45. The molecule has 0 bridgehead atoms. The van der Waals surface area contributed by atoms with Crippen LogP contribution in [0.4, 0.5) is 26.8 Å². The highest BCUT2D eigenvalue weighted by molar-refractivity contribution is 6.14. The predicted octanol–water partition coefficient (Wildman–Crippen LogP) is 7.06. The lowest BCUT2D eigenvalue weighted by Gasteiger charge is -2.28. The first kappa shape index (κ1) is 35.7. The van der Waals surface area contributed by atoms with Gasteiger partial charge in [0.15, 0.2) is 5.82 Å². The molecular weight excluding hydrogens is 610 g/mol. The summed E-state index contributed by atoms with van der Waals surface area (Å²) in [5.41, 5.74) is 7.91. The average Bonchev–Trinajstić information content (AvgIpc) is 3.00. The fourth-order valence-corrected chi connectivity index (χ4v) is 4.88. The third-order valence-electron chi connectivity index (χ3n) is 7.21. The van der Waals surface area contributed by atoms with E-state index in [0.717, 1.165) is 16.0 Å². The molecule has 1 aromatic heterocycles. The Morgan fingerprint density at radius 3 is 2.08 bits per heavy atom. The average molecular weight is 656 g/mol. The van der Waals surface area contributed by atoms with Crippen molar-refractivity contribution in [2.24, 2.45) is 0 Å². The molecule has 0 spiro atoms. The first-order valence-corrected chi connectivity index (χ1v) is 15.8. The van der Waals surface area contributed by atoms with Crippen LogP contribution in [0.25, 0.3) is 10.8 Å². The molecule has 0 saturated heterocycles. The number of carbonyl (C=O) groups is 3. The number of aliphatic hydroxyl groups is 1. The van der Waals surface area contributed by atoms with Crippen LogP contribution in [0.15, 0.2) is 79.0 Å². The minimum atomic E-state index is -0.921. The van der Waals surface area contributed by atoms with Gasteiger partial charge in [0.1, 0.15) is 17.2 Å².